The zero-order valence-electron chi connectivity index (χ0n) is 13.4. The van der Waals surface area contributed by atoms with E-state index in [1.807, 2.05) is 26.4 Å². The SMILES string of the molecule is CC(C)c1nccc(CC2C(CO)C(O)CC2N(C)C)n1. The molecule has 1 fully saturated rings. The number of aliphatic hydroxyl groups is 2. The van der Waals surface area contributed by atoms with Gasteiger partial charge in [0.25, 0.3) is 0 Å². The molecule has 1 heterocycles. The summed E-state index contributed by atoms with van der Waals surface area (Å²) >= 11 is 0. The maximum absolute atomic E-state index is 10.2. The van der Waals surface area contributed by atoms with Crippen molar-refractivity contribution >= 4 is 0 Å². The molecule has 1 aliphatic carbocycles. The Hall–Kier alpha value is -1.04. The normalized spacial score (nSPS) is 29.5. The molecule has 21 heavy (non-hydrogen) atoms. The minimum atomic E-state index is -0.432. The molecule has 0 saturated heterocycles. The molecule has 1 aromatic rings. The number of aliphatic hydroxyl groups excluding tert-OH is 2. The van der Waals surface area contributed by atoms with E-state index >= 15 is 0 Å². The monoisotopic (exact) mass is 293 g/mol. The summed E-state index contributed by atoms with van der Waals surface area (Å²) in [6, 6.07) is 2.21. The van der Waals surface area contributed by atoms with Crippen molar-refractivity contribution in [3.8, 4) is 0 Å². The van der Waals surface area contributed by atoms with Crippen molar-refractivity contribution in [1.29, 1.82) is 0 Å². The van der Waals surface area contributed by atoms with Gasteiger partial charge >= 0.3 is 0 Å². The minimum Gasteiger partial charge on any atom is -0.396 e. The van der Waals surface area contributed by atoms with E-state index in [1.54, 1.807) is 0 Å². The smallest absolute Gasteiger partial charge is 0.131 e. The van der Waals surface area contributed by atoms with Crippen LogP contribution in [0.2, 0.25) is 0 Å². The van der Waals surface area contributed by atoms with E-state index in [0.717, 1.165) is 17.9 Å². The molecule has 5 heteroatoms. The third-order valence-electron chi connectivity index (χ3n) is 4.59. The number of hydrogen-bond donors (Lipinski definition) is 2. The van der Waals surface area contributed by atoms with Crippen LogP contribution in [-0.2, 0) is 6.42 Å². The Morgan fingerprint density at radius 3 is 2.62 bits per heavy atom. The molecule has 5 nitrogen and oxygen atoms in total. The molecule has 2 rings (SSSR count). The standard InChI is InChI=1S/C16H27N3O2/c1-10(2)16-17-6-5-11(18-16)7-12-13(9-20)15(21)8-14(12)19(3)4/h5-6,10,12-15,20-21H,7-9H2,1-4H3. The third kappa shape index (κ3) is 3.59. The first-order valence-corrected chi connectivity index (χ1v) is 7.71. The Balaban J connectivity index is 2.20. The molecule has 2 N–H and O–H groups in total. The van der Waals surface area contributed by atoms with Gasteiger partial charge in [-0.2, -0.15) is 0 Å². The fourth-order valence-electron chi connectivity index (χ4n) is 3.35. The van der Waals surface area contributed by atoms with Crippen molar-refractivity contribution in [2.75, 3.05) is 20.7 Å². The Morgan fingerprint density at radius 1 is 1.33 bits per heavy atom. The number of hydrogen-bond acceptors (Lipinski definition) is 5. The average molecular weight is 293 g/mol. The molecule has 1 saturated carbocycles. The number of nitrogens with zero attached hydrogens (tertiary/aromatic N) is 3. The Kier molecular flexibility index (Phi) is 5.30. The summed E-state index contributed by atoms with van der Waals surface area (Å²) in [5, 5.41) is 19.8. The van der Waals surface area contributed by atoms with Crippen LogP contribution in [0.5, 0.6) is 0 Å². The molecular formula is C16H27N3O2. The van der Waals surface area contributed by atoms with Crippen LogP contribution >= 0.6 is 0 Å². The fraction of sp³-hybridized carbons (Fsp3) is 0.750. The number of aromatic nitrogens is 2. The van der Waals surface area contributed by atoms with Gasteiger partial charge in [0.1, 0.15) is 5.82 Å². The lowest BCUT2D eigenvalue weighted by Crippen LogP contribution is -2.35. The van der Waals surface area contributed by atoms with E-state index < -0.39 is 6.10 Å². The Labute approximate surface area is 127 Å². The van der Waals surface area contributed by atoms with Crippen molar-refractivity contribution in [2.24, 2.45) is 11.8 Å². The molecule has 0 aromatic carbocycles. The number of rotatable bonds is 5. The first-order valence-electron chi connectivity index (χ1n) is 7.71. The van der Waals surface area contributed by atoms with Crippen LogP contribution < -0.4 is 0 Å². The summed E-state index contributed by atoms with van der Waals surface area (Å²) in [5.74, 6) is 1.30. The highest BCUT2D eigenvalue weighted by molar-refractivity contribution is 5.09. The van der Waals surface area contributed by atoms with Gasteiger partial charge < -0.3 is 15.1 Å². The molecule has 0 aliphatic heterocycles. The molecule has 0 radical (unpaired) electrons. The van der Waals surface area contributed by atoms with E-state index in [2.05, 4.69) is 28.7 Å². The second-order valence-corrected chi connectivity index (χ2v) is 6.61. The Bertz CT molecular complexity index is 465. The summed E-state index contributed by atoms with van der Waals surface area (Å²) in [4.78, 5) is 11.1. The van der Waals surface area contributed by atoms with Crippen LogP contribution in [0.3, 0.4) is 0 Å². The van der Waals surface area contributed by atoms with Crippen LogP contribution in [0, 0.1) is 11.8 Å². The van der Waals surface area contributed by atoms with Crippen LogP contribution in [0.15, 0.2) is 12.3 Å². The highest BCUT2D eigenvalue weighted by atomic mass is 16.3. The van der Waals surface area contributed by atoms with Crippen molar-refractivity contribution in [2.45, 2.75) is 44.8 Å². The van der Waals surface area contributed by atoms with Crippen LogP contribution in [0.1, 0.15) is 37.7 Å². The molecule has 4 unspecified atom stereocenters. The zero-order chi connectivity index (χ0) is 15.6. The van der Waals surface area contributed by atoms with Gasteiger partial charge in [-0.05, 0) is 38.9 Å². The second kappa shape index (κ2) is 6.81. The summed E-state index contributed by atoms with van der Waals surface area (Å²) in [7, 11) is 4.06. The lowest BCUT2D eigenvalue weighted by atomic mass is 9.88. The second-order valence-electron chi connectivity index (χ2n) is 6.61. The summed E-state index contributed by atoms with van der Waals surface area (Å²) in [5.41, 5.74) is 0.998. The maximum atomic E-state index is 10.2. The van der Waals surface area contributed by atoms with Crippen molar-refractivity contribution < 1.29 is 10.2 Å². The van der Waals surface area contributed by atoms with Gasteiger partial charge in [-0.15, -0.1) is 0 Å². The van der Waals surface area contributed by atoms with Gasteiger partial charge in [0.05, 0.1) is 6.10 Å². The van der Waals surface area contributed by atoms with Gasteiger partial charge in [-0.3, -0.25) is 0 Å². The molecule has 0 bridgehead atoms. The molecule has 4 atom stereocenters. The van der Waals surface area contributed by atoms with E-state index in [-0.39, 0.29) is 24.5 Å². The lowest BCUT2D eigenvalue weighted by molar-refractivity contribution is 0.0707. The van der Waals surface area contributed by atoms with Gasteiger partial charge in [0.15, 0.2) is 0 Å². The van der Waals surface area contributed by atoms with E-state index in [4.69, 9.17) is 0 Å². The van der Waals surface area contributed by atoms with E-state index in [9.17, 15) is 10.2 Å². The minimum absolute atomic E-state index is 0.0261. The quantitative estimate of drug-likeness (QED) is 0.849. The van der Waals surface area contributed by atoms with Crippen LogP contribution in [-0.4, -0.2) is 57.9 Å². The Morgan fingerprint density at radius 2 is 2.05 bits per heavy atom. The molecule has 1 aliphatic rings. The van der Waals surface area contributed by atoms with E-state index in [0.29, 0.717) is 12.3 Å². The highest BCUT2D eigenvalue weighted by Crippen LogP contribution is 2.36. The zero-order valence-corrected chi connectivity index (χ0v) is 13.4. The van der Waals surface area contributed by atoms with Gasteiger partial charge in [-0.1, -0.05) is 13.8 Å². The topological polar surface area (TPSA) is 69.5 Å². The van der Waals surface area contributed by atoms with Crippen molar-refractivity contribution in [3.63, 3.8) is 0 Å². The van der Waals surface area contributed by atoms with Crippen LogP contribution in [0.4, 0.5) is 0 Å². The van der Waals surface area contributed by atoms with Gasteiger partial charge in [0.2, 0.25) is 0 Å². The van der Waals surface area contributed by atoms with Gasteiger partial charge in [-0.25, -0.2) is 9.97 Å². The highest BCUT2D eigenvalue weighted by Gasteiger charge is 2.43. The van der Waals surface area contributed by atoms with Crippen molar-refractivity contribution in [3.05, 3.63) is 23.8 Å². The summed E-state index contributed by atoms with van der Waals surface area (Å²) in [6.07, 6.45) is 2.86. The lowest BCUT2D eigenvalue weighted by Gasteiger charge is -2.28. The van der Waals surface area contributed by atoms with E-state index in [1.165, 1.54) is 0 Å². The first-order chi connectivity index (χ1) is 9.93. The molecule has 118 valence electrons. The summed E-state index contributed by atoms with van der Waals surface area (Å²) < 4.78 is 0. The largest absolute Gasteiger partial charge is 0.396 e. The predicted octanol–water partition coefficient (Wildman–Crippen LogP) is 1.06. The van der Waals surface area contributed by atoms with Crippen LogP contribution in [0.25, 0.3) is 0 Å². The summed E-state index contributed by atoms with van der Waals surface area (Å²) in [6.45, 7) is 4.19. The predicted molar refractivity (Wildman–Crippen MR) is 82.0 cm³/mol. The van der Waals surface area contributed by atoms with Crippen molar-refractivity contribution in [1.82, 2.24) is 14.9 Å². The third-order valence-corrected chi connectivity index (χ3v) is 4.59. The van der Waals surface area contributed by atoms with Gasteiger partial charge in [0, 0.05) is 36.4 Å². The molecule has 0 spiro atoms. The molecule has 1 aromatic heterocycles. The molecular weight excluding hydrogens is 266 g/mol. The first kappa shape index (κ1) is 16.3. The average Bonchev–Trinajstić information content (AvgIpc) is 2.75. The fourth-order valence-corrected chi connectivity index (χ4v) is 3.35. The molecule has 0 amide bonds. The maximum Gasteiger partial charge on any atom is 0.131 e.